The summed E-state index contributed by atoms with van der Waals surface area (Å²) < 4.78 is 31.1. The Kier molecular flexibility index (Phi) is 7.53. The number of hydrogen-bond donors (Lipinski definition) is 1. The average Bonchev–Trinajstić information content (AvgIpc) is 2.69. The molecule has 29 heavy (non-hydrogen) atoms. The van der Waals surface area contributed by atoms with Gasteiger partial charge in [0, 0.05) is 19.8 Å². The Bertz CT molecular complexity index is 972. The predicted octanol–water partition coefficient (Wildman–Crippen LogP) is 2.92. The number of sulfonamides is 1. The zero-order valence-electron chi connectivity index (χ0n) is 17.0. The molecule has 7 nitrogen and oxygen atoms in total. The van der Waals surface area contributed by atoms with Crippen molar-refractivity contribution in [2.45, 2.75) is 31.1 Å². The maximum Gasteiger partial charge on any atom is 0.313 e. The fourth-order valence-corrected chi connectivity index (χ4v) is 3.95. The molecule has 0 aliphatic heterocycles. The first-order valence-electron chi connectivity index (χ1n) is 9.21. The van der Waals surface area contributed by atoms with Crippen LogP contribution in [0.3, 0.4) is 0 Å². The molecule has 2 rings (SSSR count). The first kappa shape index (κ1) is 22.6. The third-order valence-electron chi connectivity index (χ3n) is 4.47. The lowest BCUT2D eigenvalue weighted by atomic mass is 9.97. The van der Waals surface area contributed by atoms with E-state index in [9.17, 15) is 18.0 Å². The molecular weight excluding hydrogens is 392 g/mol. The fraction of sp³-hybridized carbons (Fsp3) is 0.333. The molecule has 0 aliphatic carbocycles. The van der Waals surface area contributed by atoms with E-state index in [1.165, 1.54) is 20.2 Å². The van der Waals surface area contributed by atoms with E-state index in [4.69, 9.17) is 4.74 Å². The SMILES string of the molecule is CCC(C(=O)OCC(=O)Nc1ccc(C)c(S(=O)(=O)N(C)C)c1)c1ccccc1. The zero-order chi connectivity index (χ0) is 21.6. The summed E-state index contributed by atoms with van der Waals surface area (Å²) in [4.78, 5) is 24.6. The van der Waals surface area contributed by atoms with Gasteiger partial charge in [-0.05, 0) is 36.6 Å². The van der Waals surface area contributed by atoms with Gasteiger partial charge in [0.1, 0.15) is 0 Å². The Hall–Kier alpha value is -2.71. The number of aryl methyl sites for hydroxylation is 1. The number of ether oxygens (including phenoxy) is 1. The van der Waals surface area contributed by atoms with Crippen LogP contribution in [0.15, 0.2) is 53.4 Å². The van der Waals surface area contributed by atoms with Crippen LogP contribution in [0, 0.1) is 6.92 Å². The summed E-state index contributed by atoms with van der Waals surface area (Å²) in [6.07, 6.45) is 0.550. The lowest BCUT2D eigenvalue weighted by Crippen LogP contribution is -2.25. The molecule has 0 aromatic heterocycles. The Morgan fingerprint density at radius 3 is 2.34 bits per heavy atom. The molecule has 0 radical (unpaired) electrons. The third-order valence-corrected chi connectivity index (χ3v) is 6.43. The van der Waals surface area contributed by atoms with Crippen LogP contribution in [0.2, 0.25) is 0 Å². The van der Waals surface area contributed by atoms with Gasteiger partial charge in [0.05, 0.1) is 10.8 Å². The normalized spacial score (nSPS) is 12.4. The molecule has 0 heterocycles. The van der Waals surface area contributed by atoms with Crippen LogP contribution >= 0.6 is 0 Å². The van der Waals surface area contributed by atoms with Crippen molar-refractivity contribution in [2.24, 2.45) is 0 Å². The molecule has 0 saturated heterocycles. The summed E-state index contributed by atoms with van der Waals surface area (Å²) in [7, 11) is -0.759. The molecule has 1 atom stereocenters. The summed E-state index contributed by atoms with van der Waals surface area (Å²) >= 11 is 0. The first-order valence-corrected chi connectivity index (χ1v) is 10.7. The predicted molar refractivity (Wildman–Crippen MR) is 111 cm³/mol. The zero-order valence-corrected chi connectivity index (χ0v) is 17.8. The topological polar surface area (TPSA) is 92.8 Å². The molecule has 1 N–H and O–H groups in total. The van der Waals surface area contributed by atoms with Gasteiger partial charge in [-0.2, -0.15) is 0 Å². The quantitative estimate of drug-likeness (QED) is 0.666. The molecule has 0 saturated carbocycles. The molecule has 2 aromatic rings. The van der Waals surface area contributed by atoms with Gasteiger partial charge in [0.2, 0.25) is 10.0 Å². The number of rotatable bonds is 8. The Labute approximate surface area is 171 Å². The lowest BCUT2D eigenvalue weighted by molar-refractivity contribution is -0.149. The van der Waals surface area contributed by atoms with Gasteiger partial charge in [0.25, 0.3) is 5.91 Å². The van der Waals surface area contributed by atoms with Crippen molar-refractivity contribution in [1.29, 1.82) is 0 Å². The fourth-order valence-electron chi connectivity index (χ4n) is 2.81. The van der Waals surface area contributed by atoms with Crippen LogP contribution in [-0.4, -0.2) is 45.3 Å². The number of carbonyl (C=O) groups is 2. The third kappa shape index (κ3) is 5.65. The highest BCUT2D eigenvalue weighted by Crippen LogP contribution is 2.23. The molecule has 8 heteroatoms. The highest BCUT2D eigenvalue weighted by Gasteiger charge is 2.22. The Morgan fingerprint density at radius 2 is 1.76 bits per heavy atom. The van der Waals surface area contributed by atoms with Crippen LogP contribution in [0.5, 0.6) is 0 Å². The molecule has 0 fully saturated rings. The highest BCUT2D eigenvalue weighted by molar-refractivity contribution is 7.89. The minimum absolute atomic E-state index is 0.104. The molecule has 156 valence electrons. The Balaban J connectivity index is 2.03. The number of esters is 1. The minimum atomic E-state index is -3.64. The number of carbonyl (C=O) groups excluding carboxylic acids is 2. The minimum Gasteiger partial charge on any atom is -0.455 e. The van der Waals surface area contributed by atoms with Gasteiger partial charge >= 0.3 is 5.97 Å². The van der Waals surface area contributed by atoms with E-state index in [0.29, 0.717) is 17.7 Å². The van der Waals surface area contributed by atoms with Crippen LogP contribution in [0.25, 0.3) is 0 Å². The van der Waals surface area contributed by atoms with Gasteiger partial charge in [0.15, 0.2) is 6.61 Å². The van der Waals surface area contributed by atoms with E-state index in [1.807, 2.05) is 37.3 Å². The van der Waals surface area contributed by atoms with E-state index in [0.717, 1.165) is 9.87 Å². The summed E-state index contributed by atoms with van der Waals surface area (Å²) in [5.41, 5.74) is 1.71. The average molecular weight is 419 g/mol. The number of hydrogen-bond acceptors (Lipinski definition) is 5. The van der Waals surface area contributed by atoms with Crippen molar-refractivity contribution in [3.63, 3.8) is 0 Å². The molecule has 1 unspecified atom stereocenters. The first-order chi connectivity index (χ1) is 13.7. The number of benzene rings is 2. The van der Waals surface area contributed by atoms with E-state index in [-0.39, 0.29) is 4.90 Å². The maximum atomic E-state index is 12.4. The number of amides is 1. The van der Waals surface area contributed by atoms with E-state index in [1.54, 1.807) is 19.1 Å². The number of nitrogens with one attached hydrogen (secondary N) is 1. The largest absolute Gasteiger partial charge is 0.455 e. The van der Waals surface area contributed by atoms with Crippen molar-refractivity contribution in [3.05, 3.63) is 59.7 Å². The van der Waals surface area contributed by atoms with Crippen LogP contribution in [0.4, 0.5) is 5.69 Å². The summed E-state index contributed by atoms with van der Waals surface area (Å²) in [6, 6.07) is 13.8. The van der Waals surface area contributed by atoms with Crippen LogP contribution in [0.1, 0.15) is 30.4 Å². The summed E-state index contributed by atoms with van der Waals surface area (Å²) in [6.45, 7) is 3.10. The second kappa shape index (κ2) is 9.67. The van der Waals surface area contributed by atoms with Crippen molar-refractivity contribution >= 4 is 27.6 Å². The molecular formula is C21H26N2O5S. The van der Waals surface area contributed by atoms with E-state index >= 15 is 0 Å². The van der Waals surface area contributed by atoms with Crippen molar-refractivity contribution in [2.75, 3.05) is 26.0 Å². The maximum absolute atomic E-state index is 12.4. The monoisotopic (exact) mass is 418 g/mol. The van der Waals surface area contributed by atoms with Crippen molar-refractivity contribution < 1.29 is 22.7 Å². The molecule has 0 aliphatic rings. The van der Waals surface area contributed by atoms with Crippen molar-refractivity contribution in [3.8, 4) is 0 Å². The van der Waals surface area contributed by atoms with Gasteiger partial charge in [-0.3, -0.25) is 9.59 Å². The van der Waals surface area contributed by atoms with E-state index in [2.05, 4.69) is 5.32 Å². The van der Waals surface area contributed by atoms with Gasteiger partial charge < -0.3 is 10.1 Å². The standard InChI is InChI=1S/C21H26N2O5S/c1-5-18(16-9-7-6-8-10-16)21(25)28-14-20(24)22-17-12-11-15(2)19(13-17)29(26,27)23(3)4/h6-13,18H,5,14H2,1-4H3,(H,22,24). The summed E-state index contributed by atoms with van der Waals surface area (Å²) in [5, 5.41) is 2.57. The smallest absolute Gasteiger partial charge is 0.313 e. The summed E-state index contributed by atoms with van der Waals surface area (Å²) in [5.74, 6) is -1.47. The van der Waals surface area contributed by atoms with E-state index < -0.39 is 34.4 Å². The van der Waals surface area contributed by atoms with Crippen LogP contribution < -0.4 is 5.32 Å². The molecule has 2 aromatic carbocycles. The van der Waals surface area contributed by atoms with Gasteiger partial charge in [-0.1, -0.05) is 43.3 Å². The Morgan fingerprint density at radius 1 is 1.10 bits per heavy atom. The highest BCUT2D eigenvalue weighted by atomic mass is 32.2. The lowest BCUT2D eigenvalue weighted by Gasteiger charge is -2.16. The molecule has 0 spiro atoms. The van der Waals surface area contributed by atoms with Crippen molar-refractivity contribution in [1.82, 2.24) is 4.31 Å². The number of nitrogens with zero attached hydrogens (tertiary/aromatic N) is 1. The van der Waals surface area contributed by atoms with Gasteiger partial charge in [-0.15, -0.1) is 0 Å². The second-order valence-electron chi connectivity index (χ2n) is 6.80. The number of anilines is 1. The van der Waals surface area contributed by atoms with Crippen LogP contribution in [-0.2, 0) is 24.3 Å². The molecule has 0 bridgehead atoms. The second-order valence-corrected chi connectivity index (χ2v) is 8.92. The molecule has 1 amide bonds. The van der Waals surface area contributed by atoms with Gasteiger partial charge in [-0.25, -0.2) is 12.7 Å².